The Morgan fingerprint density at radius 1 is 1.19 bits per heavy atom. The molecule has 2 aliphatic rings. The lowest BCUT2D eigenvalue weighted by Gasteiger charge is -2.51. The first-order valence-corrected chi connectivity index (χ1v) is 7.06. The summed E-state index contributed by atoms with van der Waals surface area (Å²) in [5, 5.41) is 0.358. The summed E-state index contributed by atoms with van der Waals surface area (Å²) >= 11 is 6.36. The predicted octanol–water partition coefficient (Wildman–Crippen LogP) is 3.37. The van der Waals surface area contributed by atoms with Gasteiger partial charge in [0.2, 0.25) is 0 Å². The van der Waals surface area contributed by atoms with E-state index in [1.807, 2.05) is 0 Å². The molecule has 0 aliphatic heterocycles. The topological polar surface area (TPSA) is 18.5 Å². The van der Waals surface area contributed by atoms with E-state index in [0.717, 1.165) is 32.7 Å². The molecule has 0 N–H and O–H groups in total. The van der Waals surface area contributed by atoms with Crippen LogP contribution in [0.4, 0.5) is 0 Å². The van der Waals surface area contributed by atoms with Gasteiger partial charge in [-0.3, -0.25) is 0 Å². The lowest BCUT2D eigenvalue weighted by Crippen LogP contribution is -2.54. The molecule has 94 valence electrons. The third-order valence-electron chi connectivity index (χ3n) is 4.12. The molecule has 16 heavy (non-hydrogen) atoms. The van der Waals surface area contributed by atoms with Gasteiger partial charge in [0.05, 0.1) is 19.3 Å². The van der Waals surface area contributed by atoms with E-state index in [1.165, 1.54) is 25.7 Å². The number of halogens is 1. The van der Waals surface area contributed by atoms with Crippen LogP contribution >= 0.6 is 11.6 Å². The number of hydrogen-bond donors (Lipinski definition) is 0. The number of hydrogen-bond acceptors (Lipinski definition) is 2. The van der Waals surface area contributed by atoms with Gasteiger partial charge in [-0.15, -0.1) is 11.6 Å². The minimum absolute atomic E-state index is 0.326. The molecule has 0 aromatic rings. The van der Waals surface area contributed by atoms with Crippen LogP contribution in [0.25, 0.3) is 0 Å². The highest BCUT2D eigenvalue weighted by molar-refractivity contribution is 6.21. The van der Waals surface area contributed by atoms with Crippen LogP contribution in [0.1, 0.15) is 45.4 Å². The summed E-state index contributed by atoms with van der Waals surface area (Å²) in [6.45, 7) is 4.43. The van der Waals surface area contributed by atoms with Crippen molar-refractivity contribution in [1.29, 1.82) is 0 Å². The summed E-state index contributed by atoms with van der Waals surface area (Å²) in [4.78, 5) is 0. The maximum Gasteiger partial charge on any atom is 0.0704 e. The van der Waals surface area contributed by atoms with Gasteiger partial charge in [-0.1, -0.05) is 19.8 Å². The standard InChI is InChI=1S/C13H23ClO2/c1-2-7-15-8-9-16-12-10-11(14)13(12)5-3-4-6-13/h11-12H,2-10H2,1H3. The Hall–Kier alpha value is 0.210. The van der Waals surface area contributed by atoms with E-state index in [0.29, 0.717) is 16.9 Å². The molecule has 2 nitrogen and oxygen atoms in total. The molecule has 0 bridgehead atoms. The Bertz CT molecular complexity index is 214. The van der Waals surface area contributed by atoms with Gasteiger partial charge < -0.3 is 9.47 Å². The minimum Gasteiger partial charge on any atom is -0.379 e. The maximum absolute atomic E-state index is 6.36. The first-order chi connectivity index (χ1) is 7.79. The van der Waals surface area contributed by atoms with Crippen molar-refractivity contribution in [3.05, 3.63) is 0 Å². The molecule has 2 saturated carbocycles. The molecule has 2 unspecified atom stereocenters. The molecule has 0 heterocycles. The smallest absolute Gasteiger partial charge is 0.0704 e. The zero-order valence-electron chi connectivity index (χ0n) is 10.2. The Balaban J connectivity index is 1.66. The number of alkyl halides is 1. The van der Waals surface area contributed by atoms with Gasteiger partial charge in [0, 0.05) is 17.4 Å². The van der Waals surface area contributed by atoms with Gasteiger partial charge in [0.1, 0.15) is 0 Å². The van der Waals surface area contributed by atoms with Crippen molar-refractivity contribution in [1.82, 2.24) is 0 Å². The molecule has 0 aromatic heterocycles. The third-order valence-corrected chi connectivity index (χ3v) is 4.73. The van der Waals surface area contributed by atoms with Crippen molar-refractivity contribution in [3.63, 3.8) is 0 Å². The van der Waals surface area contributed by atoms with Crippen molar-refractivity contribution in [2.45, 2.75) is 56.9 Å². The van der Waals surface area contributed by atoms with E-state index in [2.05, 4.69) is 6.92 Å². The average molecular weight is 247 g/mol. The van der Waals surface area contributed by atoms with Crippen LogP contribution in [0.2, 0.25) is 0 Å². The van der Waals surface area contributed by atoms with Crippen molar-refractivity contribution in [2.24, 2.45) is 5.41 Å². The lowest BCUT2D eigenvalue weighted by molar-refractivity contribution is -0.115. The van der Waals surface area contributed by atoms with Crippen LogP contribution < -0.4 is 0 Å². The molecule has 2 atom stereocenters. The van der Waals surface area contributed by atoms with Crippen LogP contribution in [0.3, 0.4) is 0 Å². The van der Waals surface area contributed by atoms with E-state index in [1.54, 1.807) is 0 Å². The molecule has 2 fully saturated rings. The van der Waals surface area contributed by atoms with E-state index in [4.69, 9.17) is 21.1 Å². The van der Waals surface area contributed by atoms with E-state index in [-0.39, 0.29) is 0 Å². The van der Waals surface area contributed by atoms with E-state index in [9.17, 15) is 0 Å². The first-order valence-electron chi connectivity index (χ1n) is 6.63. The SMILES string of the molecule is CCCOCCOC1CC(Cl)C12CCCC2. The molecule has 1 spiro atoms. The number of ether oxygens (including phenoxy) is 2. The quantitative estimate of drug-likeness (QED) is 0.529. The largest absolute Gasteiger partial charge is 0.379 e. The zero-order valence-corrected chi connectivity index (χ0v) is 11.0. The molecule has 0 aromatic carbocycles. The summed E-state index contributed by atoms with van der Waals surface area (Å²) in [5.41, 5.74) is 0.326. The molecule has 2 rings (SSSR count). The fraction of sp³-hybridized carbons (Fsp3) is 1.00. The van der Waals surface area contributed by atoms with Gasteiger partial charge in [0.15, 0.2) is 0 Å². The van der Waals surface area contributed by atoms with Crippen LogP contribution in [-0.4, -0.2) is 31.3 Å². The molecule has 0 amide bonds. The van der Waals surface area contributed by atoms with Crippen molar-refractivity contribution >= 4 is 11.6 Å². The fourth-order valence-corrected chi connectivity index (χ4v) is 3.62. The molecule has 0 radical (unpaired) electrons. The van der Waals surface area contributed by atoms with Gasteiger partial charge in [-0.25, -0.2) is 0 Å². The molecule has 0 saturated heterocycles. The van der Waals surface area contributed by atoms with Crippen LogP contribution in [0.15, 0.2) is 0 Å². The monoisotopic (exact) mass is 246 g/mol. The second-order valence-electron chi connectivity index (χ2n) is 5.12. The maximum atomic E-state index is 6.36. The van der Waals surface area contributed by atoms with Crippen LogP contribution in [0, 0.1) is 5.41 Å². The average Bonchev–Trinajstić information content (AvgIpc) is 2.79. The molecule has 2 aliphatic carbocycles. The van der Waals surface area contributed by atoms with E-state index < -0.39 is 0 Å². The highest BCUT2D eigenvalue weighted by Crippen LogP contribution is 2.57. The fourth-order valence-electron chi connectivity index (χ4n) is 3.10. The zero-order chi connectivity index (χ0) is 11.4. The number of rotatable bonds is 6. The van der Waals surface area contributed by atoms with Gasteiger partial charge in [-0.05, 0) is 25.7 Å². The Morgan fingerprint density at radius 2 is 1.94 bits per heavy atom. The molecular weight excluding hydrogens is 224 g/mol. The molecule has 3 heteroatoms. The van der Waals surface area contributed by atoms with Crippen molar-refractivity contribution in [2.75, 3.05) is 19.8 Å². The van der Waals surface area contributed by atoms with Crippen molar-refractivity contribution in [3.8, 4) is 0 Å². The third kappa shape index (κ3) is 2.39. The lowest BCUT2D eigenvalue weighted by atomic mass is 9.64. The predicted molar refractivity (Wildman–Crippen MR) is 66.0 cm³/mol. The van der Waals surface area contributed by atoms with E-state index >= 15 is 0 Å². The van der Waals surface area contributed by atoms with Crippen LogP contribution in [-0.2, 0) is 9.47 Å². The summed E-state index contributed by atoms with van der Waals surface area (Å²) in [5.74, 6) is 0. The normalized spacial score (nSPS) is 31.9. The highest BCUT2D eigenvalue weighted by Gasteiger charge is 2.55. The minimum atomic E-state index is 0.326. The van der Waals surface area contributed by atoms with Gasteiger partial charge >= 0.3 is 0 Å². The van der Waals surface area contributed by atoms with Crippen LogP contribution in [0.5, 0.6) is 0 Å². The first kappa shape index (κ1) is 12.7. The van der Waals surface area contributed by atoms with Gasteiger partial charge in [-0.2, -0.15) is 0 Å². The molecular formula is C13H23ClO2. The second-order valence-corrected chi connectivity index (χ2v) is 5.64. The van der Waals surface area contributed by atoms with Gasteiger partial charge in [0.25, 0.3) is 0 Å². The van der Waals surface area contributed by atoms with Crippen molar-refractivity contribution < 1.29 is 9.47 Å². The Labute approximate surface area is 104 Å². The summed E-state index contributed by atoms with van der Waals surface area (Å²) < 4.78 is 11.3. The second kappa shape index (κ2) is 5.70. The Morgan fingerprint density at radius 3 is 2.56 bits per heavy atom. The Kier molecular flexibility index (Phi) is 4.51. The summed E-state index contributed by atoms with van der Waals surface area (Å²) in [6.07, 6.45) is 7.71. The summed E-state index contributed by atoms with van der Waals surface area (Å²) in [7, 11) is 0. The highest BCUT2D eigenvalue weighted by atomic mass is 35.5. The summed E-state index contributed by atoms with van der Waals surface area (Å²) in [6, 6.07) is 0.